The zero-order valence-corrected chi connectivity index (χ0v) is 16.1. The molecular formula is C18H18F4N4OS. The number of carbonyl (C=O) groups excluding carboxylic acids is 1. The van der Waals surface area contributed by atoms with Crippen molar-refractivity contribution >= 4 is 28.8 Å². The van der Waals surface area contributed by atoms with Gasteiger partial charge in [-0.3, -0.25) is 9.79 Å². The minimum absolute atomic E-state index is 0.0774. The van der Waals surface area contributed by atoms with Crippen LogP contribution in [0.15, 0.2) is 28.6 Å². The van der Waals surface area contributed by atoms with E-state index in [0.29, 0.717) is 5.69 Å². The molecule has 1 aliphatic rings. The Hall–Kier alpha value is -2.49. The molecule has 0 spiro atoms. The maximum atomic E-state index is 14.8. The topological polar surface area (TPSA) is 80.4 Å². The lowest BCUT2D eigenvalue weighted by Crippen LogP contribution is -2.56. The first kappa shape index (κ1) is 20.2. The molecule has 150 valence electrons. The average Bonchev–Trinajstić information content (AvgIpc) is 3.01. The van der Waals surface area contributed by atoms with Gasteiger partial charge in [0.2, 0.25) is 0 Å². The third-order valence-electron chi connectivity index (χ3n) is 4.71. The van der Waals surface area contributed by atoms with Crippen LogP contribution in [0.4, 0.5) is 23.2 Å². The van der Waals surface area contributed by atoms with Crippen molar-refractivity contribution in [2.45, 2.75) is 44.3 Å². The fourth-order valence-corrected chi connectivity index (χ4v) is 3.68. The van der Waals surface area contributed by atoms with E-state index in [9.17, 15) is 22.4 Å². The van der Waals surface area contributed by atoms with Gasteiger partial charge in [-0.25, -0.2) is 22.5 Å². The summed E-state index contributed by atoms with van der Waals surface area (Å²) >= 11 is 1.11. The molecule has 1 aliphatic heterocycles. The normalized spacial score (nSPS) is 26.6. The highest BCUT2D eigenvalue weighted by atomic mass is 32.1. The van der Waals surface area contributed by atoms with E-state index >= 15 is 0 Å². The van der Waals surface area contributed by atoms with E-state index in [1.807, 2.05) is 0 Å². The minimum atomic E-state index is -3.71. The molecule has 1 aromatic heterocycles. The molecule has 0 saturated heterocycles. The molecule has 28 heavy (non-hydrogen) atoms. The number of nitrogens with two attached hydrogens (primary N) is 1. The number of thiazole rings is 1. The van der Waals surface area contributed by atoms with Crippen molar-refractivity contribution in [2.75, 3.05) is 5.32 Å². The highest BCUT2D eigenvalue weighted by molar-refractivity contribution is 7.11. The van der Waals surface area contributed by atoms with Crippen molar-refractivity contribution in [3.63, 3.8) is 0 Å². The van der Waals surface area contributed by atoms with Gasteiger partial charge in [0, 0.05) is 22.3 Å². The molecule has 2 heterocycles. The van der Waals surface area contributed by atoms with Crippen molar-refractivity contribution < 1.29 is 22.4 Å². The largest absolute Gasteiger partial charge is 0.385 e. The molecule has 10 heteroatoms. The smallest absolute Gasteiger partial charge is 0.284 e. The molecule has 2 unspecified atom stereocenters. The molecule has 0 bridgehead atoms. The second kappa shape index (κ2) is 6.54. The number of aryl methyl sites for hydroxylation is 1. The fraction of sp³-hybridized carbons (Fsp3) is 0.389. The molecule has 5 nitrogen and oxygen atoms in total. The number of nitrogens with one attached hydrogen (secondary N) is 1. The first-order chi connectivity index (χ1) is 12.9. The molecule has 2 aromatic rings. The van der Waals surface area contributed by atoms with Gasteiger partial charge in [0.1, 0.15) is 11.7 Å². The van der Waals surface area contributed by atoms with Gasteiger partial charge in [-0.2, -0.15) is 0 Å². The maximum Gasteiger partial charge on any atom is 0.284 e. The number of halogens is 4. The van der Waals surface area contributed by atoms with Crippen LogP contribution in [0.2, 0.25) is 0 Å². The number of hydrogen-bond acceptors (Lipinski definition) is 5. The summed E-state index contributed by atoms with van der Waals surface area (Å²) in [5.74, 6) is -5.87. The van der Waals surface area contributed by atoms with Crippen LogP contribution in [-0.2, 0) is 5.54 Å². The number of benzene rings is 1. The predicted octanol–water partition coefficient (Wildman–Crippen LogP) is 4.18. The van der Waals surface area contributed by atoms with Gasteiger partial charge in [-0.1, -0.05) is 0 Å². The van der Waals surface area contributed by atoms with Crippen LogP contribution in [0.5, 0.6) is 0 Å². The molecule has 1 aromatic carbocycles. The number of amides is 1. The zero-order chi connectivity index (χ0) is 20.9. The summed E-state index contributed by atoms with van der Waals surface area (Å²) in [7, 11) is 0. The molecule has 1 amide bonds. The Morgan fingerprint density at radius 1 is 1.29 bits per heavy atom. The van der Waals surface area contributed by atoms with Gasteiger partial charge in [0.05, 0.1) is 6.42 Å². The first-order valence-corrected chi connectivity index (χ1v) is 9.20. The Bertz CT molecular complexity index is 972. The molecule has 2 atom stereocenters. The van der Waals surface area contributed by atoms with Crippen LogP contribution >= 0.6 is 11.3 Å². The molecule has 0 fully saturated rings. The average molecular weight is 414 g/mol. The SMILES string of the molecule is Cc1csc(C(=O)Nc2ccc(F)c(C3(C)N=C(N)C(C)(F)CC3(F)F)c2)n1. The Labute approximate surface area is 162 Å². The van der Waals surface area contributed by atoms with Gasteiger partial charge >= 0.3 is 0 Å². The molecular weight excluding hydrogens is 396 g/mol. The molecule has 0 aliphatic carbocycles. The van der Waals surface area contributed by atoms with Crippen molar-refractivity contribution in [1.82, 2.24) is 4.98 Å². The quantitative estimate of drug-likeness (QED) is 0.740. The number of amidine groups is 1. The Kier molecular flexibility index (Phi) is 4.73. The number of nitrogens with zero attached hydrogens (tertiary/aromatic N) is 2. The van der Waals surface area contributed by atoms with E-state index in [1.165, 1.54) is 6.07 Å². The lowest BCUT2D eigenvalue weighted by molar-refractivity contribution is -0.106. The third kappa shape index (κ3) is 3.36. The summed E-state index contributed by atoms with van der Waals surface area (Å²) in [5.41, 5.74) is 0.842. The van der Waals surface area contributed by atoms with Crippen LogP contribution in [0, 0.1) is 12.7 Å². The molecule has 0 saturated carbocycles. The van der Waals surface area contributed by atoms with Crippen LogP contribution in [-0.4, -0.2) is 28.3 Å². The summed E-state index contributed by atoms with van der Waals surface area (Å²) in [5, 5.41) is 4.35. The van der Waals surface area contributed by atoms with Crippen molar-refractivity contribution in [3.8, 4) is 0 Å². The lowest BCUT2D eigenvalue weighted by atomic mass is 9.77. The van der Waals surface area contributed by atoms with Gasteiger partial charge in [-0.15, -0.1) is 11.3 Å². The van der Waals surface area contributed by atoms with E-state index in [2.05, 4.69) is 15.3 Å². The monoisotopic (exact) mass is 414 g/mol. The third-order valence-corrected chi connectivity index (χ3v) is 5.67. The minimum Gasteiger partial charge on any atom is -0.385 e. The van der Waals surface area contributed by atoms with Crippen LogP contribution in [0.1, 0.15) is 41.3 Å². The summed E-state index contributed by atoms with van der Waals surface area (Å²) < 4.78 is 58.3. The number of aliphatic imine (C=N–C) groups is 1. The fourth-order valence-electron chi connectivity index (χ4n) is 3.00. The number of hydrogen-bond donors (Lipinski definition) is 2. The summed E-state index contributed by atoms with van der Waals surface area (Å²) in [6, 6.07) is 3.22. The number of carbonyl (C=O) groups is 1. The van der Waals surface area contributed by atoms with Crippen LogP contribution < -0.4 is 11.1 Å². The summed E-state index contributed by atoms with van der Waals surface area (Å²) in [6.45, 7) is 3.61. The second-order valence-corrected chi connectivity index (χ2v) is 7.95. The standard InChI is InChI=1S/C18H18F4N4OS/c1-9-7-28-14(24-9)13(27)25-10-4-5-12(19)11(6-10)17(3)18(21,22)8-16(2,20)15(23)26-17/h4-7H,8H2,1-3H3,(H2,23,26)(H,25,27). The number of anilines is 1. The maximum absolute atomic E-state index is 14.8. The van der Waals surface area contributed by atoms with E-state index in [4.69, 9.17) is 5.73 Å². The van der Waals surface area contributed by atoms with Gasteiger partial charge < -0.3 is 11.1 Å². The Morgan fingerprint density at radius 2 is 1.96 bits per heavy atom. The van der Waals surface area contributed by atoms with Gasteiger partial charge in [-0.05, 0) is 39.0 Å². The van der Waals surface area contributed by atoms with Crippen LogP contribution in [0.3, 0.4) is 0 Å². The lowest BCUT2D eigenvalue weighted by Gasteiger charge is -2.42. The summed E-state index contributed by atoms with van der Waals surface area (Å²) in [6.07, 6.45) is -1.24. The van der Waals surface area contributed by atoms with E-state index in [1.54, 1.807) is 12.3 Å². The zero-order valence-electron chi connectivity index (χ0n) is 15.3. The molecule has 3 rings (SSSR count). The highest BCUT2D eigenvalue weighted by Crippen LogP contribution is 2.50. The number of aromatic nitrogens is 1. The van der Waals surface area contributed by atoms with E-state index in [0.717, 1.165) is 37.3 Å². The van der Waals surface area contributed by atoms with Gasteiger partial charge in [0.15, 0.2) is 16.2 Å². The number of alkyl halides is 3. The Morgan fingerprint density at radius 3 is 2.57 bits per heavy atom. The highest BCUT2D eigenvalue weighted by Gasteiger charge is 2.60. The van der Waals surface area contributed by atoms with Crippen molar-refractivity contribution in [2.24, 2.45) is 10.7 Å². The first-order valence-electron chi connectivity index (χ1n) is 8.32. The predicted molar refractivity (Wildman–Crippen MR) is 99.3 cm³/mol. The van der Waals surface area contributed by atoms with E-state index in [-0.39, 0.29) is 10.7 Å². The molecule has 3 N–H and O–H groups in total. The van der Waals surface area contributed by atoms with Crippen molar-refractivity contribution in [1.29, 1.82) is 0 Å². The van der Waals surface area contributed by atoms with Crippen molar-refractivity contribution in [3.05, 3.63) is 45.7 Å². The van der Waals surface area contributed by atoms with E-state index < -0.39 is 46.7 Å². The van der Waals surface area contributed by atoms with Gasteiger partial charge in [0.25, 0.3) is 11.8 Å². The summed E-state index contributed by atoms with van der Waals surface area (Å²) in [4.78, 5) is 19.9. The molecule has 0 radical (unpaired) electrons. The Balaban J connectivity index is 2.01. The van der Waals surface area contributed by atoms with Crippen LogP contribution in [0.25, 0.3) is 0 Å². The number of rotatable bonds is 3. The second-order valence-electron chi connectivity index (χ2n) is 7.09.